The highest BCUT2D eigenvalue weighted by molar-refractivity contribution is 7.03. The molecule has 0 radical (unpaired) electrons. The topological polar surface area (TPSA) is 51.6 Å². The van der Waals surface area contributed by atoms with E-state index < -0.39 is 8.07 Å². The predicted molar refractivity (Wildman–Crippen MR) is 263 cm³/mol. The second-order valence-electron chi connectivity index (χ2n) is 16.7. The maximum Gasteiger partial charge on any atom is 0.160 e. The van der Waals surface area contributed by atoms with Gasteiger partial charge in [0.2, 0.25) is 0 Å². The lowest BCUT2D eigenvalue weighted by Crippen LogP contribution is -2.50. The molecule has 0 saturated heterocycles. The largest absolute Gasteiger partial charge is 0.237 e. The summed E-state index contributed by atoms with van der Waals surface area (Å²) < 4.78 is 0. The number of fused-ring (bicyclic) bond motifs is 3. The monoisotopic (exact) mass is 822 g/mol. The average molecular weight is 823 g/mol. The molecule has 0 aliphatic carbocycles. The first kappa shape index (κ1) is 38.1. The molecule has 63 heavy (non-hydrogen) atoms. The molecule has 0 N–H and O–H groups in total. The van der Waals surface area contributed by atoms with E-state index in [1.807, 2.05) is 42.5 Å². The molecule has 0 amide bonds. The molecular weight excluding hydrogens is 781 g/mol. The Labute approximate surface area is 369 Å². The molecule has 0 fully saturated rings. The number of hydrogen-bond donors (Lipinski definition) is 0. The lowest BCUT2D eigenvalue weighted by atomic mass is 9.94. The third kappa shape index (κ3) is 7.18. The molecule has 2 aromatic heterocycles. The summed E-state index contributed by atoms with van der Waals surface area (Å²) >= 11 is 0. The van der Waals surface area contributed by atoms with Crippen molar-refractivity contribution in [2.45, 2.75) is 13.1 Å². The van der Waals surface area contributed by atoms with E-state index >= 15 is 0 Å². The second kappa shape index (κ2) is 15.9. The van der Waals surface area contributed by atoms with Crippen LogP contribution in [0.4, 0.5) is 0 Å². The summed E-state index contributed by atoms with van der Waals surface area (Å²) in [6.07, 6.45) is 0. The van der Waals surface area contributed by atoms with Crippen LogP contribution >= 0.6 is 0 Å². The maximum atomic E-state index is 5.35. The van der Waals surface area contributed by atoms with Gasteiger partial charge < -0.3 is 0 Å². The maximum absolute atomic E-state index is 5.35. The first-order valence-corrected chi connectivity index (χ1v) is 24.5. The lowest BCUT2D eigenvalue weighted by molar-refractivity contribution is 1.18. The molecule has 0 unspecified atom stereocenters. The van der Waals surface area contributed by atoms with Crippen LogP contribution in [0.3, 0.4) is 0 Å². The third-order valence-electron chi connectivity index (χ3n) is 12.2. The summed E-state index contributed by atoms with van der Waals surface area (Å²) in [5, 5.41) is 2.62. The van der Waals surface area contributed by atoms with Crippen LogP contribution in [0, 0.1) is 0 Å². The van der Waals surface area contributed by atoms with Gasteiger partial charge in [-0.1, -0.05) is 201 Å². The van der Waals surface area contributed by atoms with Gasteiger partial charge in [0.1, 0.15) is 8.07 Å². The summed E-state index contributed by atoms with van der Waals surface area (Å²) in [7, 11) is -2.07. The van der Waals surface area contributed by atoms with Crippen LogP contribution in [-0.4, -0.2) is 28.0 Å². The van der Waals surface area contributed by atoms with Gasteiger partial charge in [-0.05, 0) is 74.5 Å². The molecular formula is C58H42N4Si. The van der Waals surface area contributed by atoms with Crippen molar-refractivity contribution < 1.29 is 0 Å². The molecule has 1 aliphatic rings. The van der Waals surface area contributed by atoms with Crippen molar-refractivity contribution in [3.63, 3.8) is 0 Å². The van der Waals surface area contributed by atoms with Crippen molar-refractivity contribution in [3.05, 3.63) is 218 Å². The van der Waals surface area contributed by atoms with Crippen molar-refractivity contribution in [1.29, 1.82) is 0 Å². The first-order valence-electron chi connectivity index (χ1n) is 21.5. The number of aromatic nitrogens is 4. The van der Waals surface area contributed by atoms with Crippen LogP contribution in [0.25, 0.3) is 101 Å². The van der Waals surface area contributed by atoms with E-state index in [9.17, 15) is 0 Å². The fourth-order valence-corrected chi connectivity index (χ4v) is 11.9. The fourth-order valence-electron chi connectivity index (χ4n) is 9.00. The Morgan fingerprint density at radius 2 is 0.683 bits per heavy atom. The zero-order valence-electron chi connectivity index (χ0n) is 35.1. The highest BCUT2D eigenvalue weighted by atomic mass is 28.3. The van der Waals surface area contributed by atoms with Gasteiger partial charge in [0, 0.05) is 38.7 Å². The van der Waals surface area contributed by atoms with Gasteiger partial charge >= 0.3 is 0 Å². The summed E-state index contributed by atoms with van der Waals surface area (Å²) in [4.78, 5) is 20.8. The molecule has 5 heteroatoms. The van der Waals surface area contributed by atoms with E-state index in [1.54, 1.807) is 0 Å². The van der Waals surface area contributed by atoms with Crippen molar-refractivity contribution in [3.8, 4) is 101 Å². The van der Waals surface area contributed by atoms with Gasteiger partial charge in [-0.25, -0.2) is 19.9 Å². The van der Waals surface area contributed by atoms with Crippen LogP contribution < -0.4 is 10.5 Å². The molecule has 0 atom stereocenters. The van der Waals surface area contributed by atoms with Crippen LogP contribution in [-0.2, 0) is 0 Å². The minimum atomic E-state index is -2.07. The van der Waals surface area contributed by atoms with E-state index in [4.69, 9.17) is 19.9 Å². The van der Waals surface area contributed by atoms with Crippen LogP contribution in [0.5, 0.6) is 0 Å². The van der Waals surface area contributed by atoms with E-state index in [2.05, 4.69) is 189 Å². The summed E-state index contributed by atoms with van der Waals surface area (Å²) in [6.45, 7) is 4.83. The smallest absolute Gasteiger partial charge is 0.160 e. The standard InChI is InChI=1S/C58H42N4Si/c1-63(2)53-33-13-12-32-50(53)54-55(61-57(62-58(54)63)41-22-10-5-11-23-41)49-31-17-29-47(37-49)45-27-15-25-43(35-45)42-24-14-26-44(34-42)46-28-16-30-48(36-46)52-38-51(39-18-6-3-7-19-39)59-56(60-52)40-20-8-4-9-21-40/h3-38H,1-2H3. The van der Waals surface area contributed by atoms with Crippen molar-refractivity contribution in [1.82, 2.24) is 19.9 Å². The SMILES string of the molecule is C[Si]1(C)c2ccccc2-c2c(-c3cccc(-c4cccc(-c5cccc(-c6cccc(-c7cc(-c8ccccc8)nc(-c8ccccc8)n7)c6)c5)c4)c3)nc(-c3ccccc3)nc21. The minimum Gasteiger partial charge on any atom is -0.237 e. The Kier molecular flexibility index (Phi) is 9.60. The number of hydrogen-bond acceptors (Lipinski definition) is 4. The highest BCUT2D eigenvalue weighted by Gasteiger charge is 2.41. The summed E-state index contributed by atoms with van der Waals surface area (Å²) in [5.74, 6) is 1.49. The van der Waals surface area contributed by atoms with Gasteiger partial charge in [0.15, 0.2) is 11.6 Å². The van der Waals surface area contributed by atoms with Gasteiger partial charge in [0.25, 0.3) is 0 Å². The molecule has 0 bridgehead atoms. The van der Waals surface area contributed by atoms with Crippen LogP contribution in [0.15, 0.2) is 218 Å². The molecule has 1 aliphatic heterocycles. The number of rotatable bonds is 8. The quantitative estimate of drug-likeness (QED) is 0.143. The van der Waals surface area contributed by atoms with Gasteiger partial charge in [0.05, 0.1) is 17.1 Å². The predicted octanol–water partition coefficient (Wildman–Crippen LogP) is 13.4. The summed E-state index contributed by atoms with van der Waals surface area (Å²) in [6, 6.07) is 77.1. The lowest BCUT2D eigenvalue weighted by Gasteiger charge is -2.19. The van der Waals surface area contributed by atoms with Crippen molar-refractivity contribution >= 4 is 18.6 Å². The van der Waals surface area contributed by atoms with Crippen molar-refractivity contribution in [2.24, 2.45) is 0 Å². The Bertz CT molecular complexity index is 3250. The molecule has 298 valence electrons. The zero-order chi connectivity index (χ0) is 42.3. The van der Waals surface area contributed by atoms with Crippen molar-refractivity contribution in [2.75, 3.05) is 0 Å². The van der Waals surface area contributed by atoms with E-state index in [0.717, 1.165) is 84.1 Å². The Balaban J connectivity index is 0.948. The molecule has 8 aromatic carbocycles. The van der Waals surface area contributed by atoms with E-state index in [1.165, 1.54) is 21.6 Å². The molecule has 0 saturated carbocycles. The van der Waals surface area contributed by atoms with Gasteiger partial charge in [-0.2, -0.15) is 0 Å². The molecule has 0 spiro atoms. The third-order valence-corrected chi connectivity index (χ3v) is 15.6. The number of benzene rings is 8. The first-order chi connectivity index (χ1) is 31.0. The molecule has 4 nitrogen and oxygen atoms in total. The fraction of sp³-hybridized carbons (Fsp3) is 0.0345. The number of nitrogens with zero attached hydrogens (tertiary/aromatic N) is 4. The normalized spacial score (nSPS) is 12.4. The zero-order valence-corrected chi connectivity index (χ0v) is 36.1. The van der Waals surface area contributed by atoms with Crippen LogP contribution in [0.2, 0.25) is 13.1 Å². The Morgan fingerprint density at radius 1 is 0.302 bits per heavy atom. The van der Waals surface area contributed by atoms with Gasteiger partial charge in [-0.15, -0.1) is 0 Å². The van der Waals surface area contributed by atoms with Gasteiger partial charge in [-0.3, -0.25) is 0 Å². The minimum absolute atomic E-state index is 0.707. The van der Waals surface area contributed by atoms with E-state index in [0.29, 0.717) is 5.82 Å². The Hall–Kier alpha value is -7.86. The average Bonchev–Trinajstić information content (AvgIpc) is 3.60. The second-order valence-corrected chi connectivity index (χ2v) is 20.9. The van der Waals surface area contributed by atoms with E-state index in [-0.39, 0.29) is 0 Å². The Morgan fingerprint density at radius 3 is 1.22 bits per heavy atom. The molecule has 11 rings (SSSR count). The highest BCUT2D eigenvalue weighted by Crippen LogP contribution is 2.39. The van der Waals surface area contributed by atoms with Crippen LogP contribution in [0.1, 0.15) is 0 Å². The molecule has 10 aromatic rings. The summed E-state index contributed by atoms with van der Waals surface area (Å²) in [5.41, 5.74) is 17.3. The molecule has 3 heterocycles.